The average molecular weight is 316 g/mol. The summed E-state index contributed by atoms with van der Waals surface area (Å²) in [6.45, 7) is 3.86. The zero-order valence-electron chi connectivity index (χ0n) is 13.2. The summed E-state index contributed by atoms with van der Waals surface area (Å²) in [6.07, 6.45) is 1.76. The van der Waals surface area contributed by atoms with Crippen LogP contribution in [0.1, 0.15) is 5.56 Å². The monoisotopic (exact) mass is 316 g/mol. The molecule has 0 bridgehead atoms. The van der Waals surface area contributed by atoms with Crippen LogP contribution in [0.3, 0.4) is 0 Å². The van der Waals surface area contributed by atoms with E-state index in [-0.39, 0.29) is 11.9 Å². The lowest BCUT2D eigenvalue weighted by Gasteiger charge is -2.35. The Morgan fingerprint density at radius 3 is 3.04 bits per heavy atom. The van der Waals surface area contributed by atoms with Crippen LogP contribution in [0.15, 0.2) is 42.6 Å². The lowest BCUT2D eigenvalue weighted by molar-refractivity contribution is -0.0265. The Labute approximate surface area is 135 Å². The number of benzene rings is 1. The maximum absolute atomic E-state index is 13.3. The SMILES string of the molecule is CN(C[C@@H]1CN(Cc2cccc(F)c2)CCO1)c1cccnn1. The Kier molecular flexibility index (Phi) is 5.15. The van der Waals surface area contributed by atoms with E-state index in [1.54, 1.807) is 18.3 Å². The summed E-state index contributed by atoms with van der Waals surface area (Å²) in [5.41, 5.74) is 0.993. The summed E-state index contributed by atoms with van der Waals surface area (Å²) < 4.78 is 19.2. The quantitative estimate of drug-likeness (QED) is 0.843. The lowest BCUT2D eigenvalue weighted by Crippen LogP contribution is -2.46. The van der Waals surface area contributed by atoms with Crippen molar-refractivity contribution in [2.24, 2.45) is 0 Å². The van der Waals surface area contributed by atoms with Crippen molar-refractivity contribution < 1.29 is 9.13 Å². The molecule has 0 radical (unpaired) electrons. The summed E-state index contributed by atoms with van der Waals surface area (Å²) >= 11 is 0. The molecule has 1 aromatic carbocycles. The molecule has 122 valence electrons. The third kappa shape index (κ3) is 4.46. The molecule has 1 aromatic heterocycles. The molecule has 0 saturated carbocycles. The van der Waals surface area contributed by atoms with E-state index in [0.29, 0.717) is 6.61 Å². The molecule has 0 aliphatic carbocycles. The number of ether oxygens (including phenoxy) is 1. The highest BCUT2D eigenvalue weighted by molar-refractivity contribution is 5.35. The van der Waals surface area contributed by atoms with Crippen molar-refractivity contribution in [3.63, 3.8) is 0 Å². The van der Waals surface area contributed by atoms with Crippen molar-refractivity contribution in [1.29, 1.82) is 0 Å². The van der Waals surface area contributed by atoms with E-state index in [4.69, 9.17) is 4.74 Å². The van der Waals surface area contributed by atoms with Crippen LogP contribution in [-0.4, -0.2) is 54.5 Å². The summed E-state index contributed by atoms with van der Waals surface area (Å²) in [4.78, 5) is 4.34. The Hall–Kier alpha value is -2.05. The zero-order chi connectivity index (χ0) is 16.1. The molecule has 23 heavy (non-hydrogen) atoms. The second-order valence-electron chi connectivity index (χ2n) is 5.82. The van der Waals surface area contributed by atoms with Gasteiger partial charge in [0.1, 0.15) is 5.82 Å². The van der Waals surface area contributed by atoms with Crippen LogP contribution in [0.5, 0.6) is 0 Å². The number of anilines is 1. The standard InChI is InChI=1S/C17H21FN4O/c1-21(17-6-3-7-19-20-17)12-16-13-22(8-9-23-16)11-14-4-2-5-15(18)10-14/h2-7,10,16H,8-9,11-13H2,1H3/t16-/m1/s1. The second-order valence-corrected chi connectivity index (χ2v) is 5.82. The molecule has 0 N–H and O–H groups in total. The van der Waals surface area contributed by atoms with Gasteiger partial charge >= 0.3 is 0 Å². The van der Waals surface area contributed by atoms with Crippen molar-refractivity contribution >= 4 is 5.82 Å². The number of halogens is 1. The largest absolute Gasteiger partial charge is 0.374 e. The molecule has 3 rings (SSSR count). The van der Waals surface area contributed by atoms with Gasteiger partial charge in [-0.2, -0.15) is 5.10 Å². The number of nitrogens with zero attached hydrogens (tertiary/aromatic N) is 4. The topological polar surface area (TPSA) is 41.5 Å². The molecule has 1 aliphatic heterocycles. The smallest absolute Gasteiger partial charge is 0.151 e. The normalized spacial score (nSPS) is 18.8. The first-order valence-corrected chi connectivity index (χ1v) is 7.78. The molecule has 1 aliphatic rings. The number of aromatic nitrogens is 2. The van der Waals surface area contributed by atoms with Crippen LogP contribution in [0, 0.1) is 5.82 Å². The van der Waals surface area contributed by atoms with Crippen molar-refractivity contribution in [2.75, 3.05) is 38.2 Å². The van der Waals surface area contributed by atoms with Crippen molar-refractivity contribution in [3.05, 3.63) is 54.0 Å². The molecule has 2 aromatic rings. The molecule has 0 unspecified atom stereocenters. The molecular formula is C17H21FN4O. The molecule has 2 heterocycles. The predicted molar refractivity (Wildman–Crippen MR) is 86.7 cm³/mol. The van der Waals surface area contributed by atoms with Crippen LogP contribution in [0.2, 0.25) is 0 Å². The summed E-state index contributed by atoms with van der Waals surface area (Å²) in [7, 11) is 1.99. The van der Waals surface area contributed by atoms with Gasteiger partial charge in [-0.1, -0.05) is 12.1 Å². The Balaban J connectivity index is 1.56. The van der Waals surface area contributed by atoms with Gasteiger partial charge in [-0.15, -0.1) is 5.10 Å². The highest BCUT2D eigenvalue weighted by Gasteiger charge is 2.22. The van der Waals surface area contributed by atoms with Crippen LogP contribution in [-0.2, 0) is 11.3 Å². The fourth-order valence-corrected chi connectivity index (χ4v) is 2.82. The van der Waals surface area contributed by atoms with Gasteiger partial charge in [0, 0.05) is 39.4 Å². The fourth-order valence-electron chi connectivity index (χ4n) is 2.82. The van der Waals surface area contributed by atoms with Gasteiger partial charge in [0.05, 0.1) is 12.7 Å². The van der Waals surface area contributed by atoms with E-state index in [1.807, 2.05) is 30.1 Å². The summed E-state index contributed by atoms with van der Waals surface area (Å²) in [6, 6.07) is 10.6. The molecule has 0 spiro atoms. The Morgan fingerprint density at radius 1 is 1.35 bits per heavy atom. The summed E-state index contributed by atoms with van der Waals surface area (Å²) in [5, 5.41) is 8.01. The number of morpholine rings is 1. The number of rotatable bonds is 5. The minimum Gasteiger partial charge on any atom is -0.374 e. The predicted octanol–water partition coefficient (Wildman–Crippen LogP) is 1.95. The van der Waals surface area contributed by atoms with Crippen LogP contribution in [0.25, 0.3) is 0 Å². The number of hydrogen-bond donors (Lipinski definition) is 0. The van der Waals surface area contributed by atoms with Crippen LogP contribution >= 0.6 is 0 Å². The number of hydrogen-bond acceptors (Lipinski definition) is 5. The van der Waals surface area contributed by atoms with Crippen molar-refractivity contribution in [2.45, 2.75) is 12.6 Å². The highest BCUT2D eigenvalue weighted by atomic mass is 19.1. The van der Waals surface area contributed by atoms with Gasteiger partial charge in [0.15, 0.2) is 5.82 Å². The summed E-state index contributed by atoms with van der Waals surface area (Å²) in [5.74, 6) is 0.646. The highest BCUT2D eigenvalue weighted by Crippen LogP contribution is 2.14. The van der Waals surface area contributed by atoms with Gasteiger partial charge < -0.3 is 9.64 Å². The molecule has 1 fully saturated rings. The van der Waals surface area contributed by atoms with Gasteiger partial charge in [-0.25, -0.2) is 4.39 Å². The fraction of sp³-hybridized carbons (Fsp3) is 0.412. The maximum Gasteiger partial charge on any atom is 0.151 e. The third-order valence-electron chi connectivity index (χ3n) is 3.94. The lowest BCUT2D eigenvalue weighted by atomic mass is 10.2. The van der Waals surface area contributed by atoms with Crippen LogP contribution < -0.4 is 4.90 Å². The van der Waals surface area contributed by atoms with E-state index in [1.165, 1.54) is 6.07 Å². The van der Waals surface area contributed by atoms with Gasteiger partial charge in [0.2, 0.25) is 0 Å². The van der Waals surface area contributed by atoms with Gasteiger partial charge in [-0.3, -0.25) is 4.90 Å². The molecule has 5 nitrogen and oxygen atoms in total. The van der Waals surface area contributed by atoms with Crippen molar-refractivity contribution in [1.82, 2.24) is 15.1 Å². The first kappa shape index (κ1) is 15.8. The van der Waals surface area contributed by atoms with E-state index in [0.717, 1.165) is 37.6 Å². The first-order chi connectivity index (χ1) is 11.2. The van der Waals surface area contributed by atoms with Gasteiger partial charge in [-0.05, 0) is 29.8 Å². The third-order valence-corrected chi connectivity index (χ3v) is 3.94. The molecule has 1 saturated heterocycles. The number of likely N-dealkylation sites (N-methyl/N-ethyl adjacent to an activating group) is 1. The second kappa shape index (κ2) is 7.48. The zero-order valence-corrected chi connectivity index (χ0v) is 13.2. The van der Waals surface area contributed by atoms with Crippen LogP contribution in [0.4, 0.5) is 10.2 Å². The minimum absolute atomic E-state index is 0.101. The minimum atomic E-state index is -0.185. The van der Waals surface area contributed by atoms with Gasteiger partial charge in [0.25, 0.3) is 0 Å². The van der Waals surface area contributed by atoms with E-state index >= 15 is 0 Å². The maximum atomic E-state index is 13.3. The molecular weight excluding hydrogens is 295 g/mol. The van der Waals surface area contributed by atoms with Crippen molar-refractivity contribution in [3.8, 4) is 0 Å². The average Bonchev–Trinajstić information content (AvgIpc) is 2.56. The Morgan fingerprint density at radius 2 is 2.26 bits per heavy atom. The molecule has 1 atom stereocenters. The Bertz CT molecular complexity index is 625. The van der Waals surface area contributed by atoms with E-state index < -0.39 is 0 Å². The van der Waals surface area contributed by atoms with E-state index in [2.05, 4.69) is 15.1 Å². The molecule has 0 amide bonds. The van der Waals surface area contributed by atoms with E-state index in [9.17, 15) is 4.39 Å². The first-order valence-electron chi connectivity index (χ1n) is 7.78. The molecule has 6 heteroatoms.